The van der Waals surface area contributed by atoms with Gasteiger partial charge in [0.25, 0.3) is 11.5 Å². The fourth-order valence-electron chi connectivity index (χ4n) is 4.53. The summed E-state index contributed by atoms with van der Waals surface area (Å²) in [6.45, 7) is 10.6. The topological polar surface area (TPSA) is 185 Å². The van der Waals surface area contributed by atoms with Gasteiger partial charge in [0, 0.05) is 0 Å². The van der Waals surface area contributed by atoms with Crippen molar-refractivity contribution >= 4 is 23.0 Å². The van der Waals surface area contributed by atoms with Crippen molar-refractivity contribution in [2.45, 2.75) is 57.5 Å². The van der Waals surface area contributed by atoms with E-state index in [1.54, 1.807) is 31.2 Å². The Morgan fingerprint density at radius 2 is 2.07 bits per heavy atom. The van der Waals surface area contributed by atoms with Crippen molar-refractivity contribution in [3.63, 3.8) is 0 Å². The minimum absolute atomic E-state index is 0.0197. The number of carbonyl (C=O) groups is 1. The van der Waals surface area contributed by atoms with Crippen molar-refractivity contribution in [1.29, 1.82) is 5.26 Å². The number of nitrogens with one attached hydrogen (secondary N) is 2. The van der Waals surface area contributed by atoms with Crippen LogP contribution in [-0.2, 0) is 33.2 Å². The summed E-state index contributed by atoms with van der Waals surface area (Å²) in [6, 6.07) is 10.8. The Morgan fingerprint density at radius 1 is 1.24 bits per heavy atom. The molecule has 1 amide bonds. The maximum absolute atomic E-state index is 12.9. The van der Waals surface area contributed by atoms with Crippen LogP contribution in [0.15, 0.2) is 41.5 Å². The quantitative estimate of drug-likeness (QED) is 0.120. The van der Waals surface area contributed by atoms with E-state index < -0.39 is 42.3 Å². The van der Waals surface area contributed by atoms with Crippen molar-refractivity contribution < 1.29 is 38.0 Å². The Morgan fingerprint density at radius 3 is 2.82 bits per heavy atom. The first kappa shape index (κ1) is 33.5. The van der Waals surface area contributed by atoms with Crippen LogP contribution in [0.5, 0.6) is 5.75 Å². The highest BCUT2D eigenvalue weighted by Gasteiger charge is 2.48. The number of fused-ring (bicyclic) bond motifs is 1. The minimum atomic E-state index is -0.872. The SMILES string of the molecule is [C-]#[N+]CCOC(C)O[C@@H]1C(OCOCOCCC#N)[C@H](n2cnc3c(=O)[nH]c(NC(=O)COc4ccccc4)nc32)O[C@@H]1CC. The van der Waals surface area contributed by atoms with Crippen LogP contribution in [0.3, 0.4) is 0 Å². The first-order valence-electron chi connectivity index (χ1n) is 14.3. The zero-order valence-electron chi connectivity index (χ0n) is 24.9. The predicted molar refractivity (Wildman–Crippen MR) is 157 cm³/mol. The van der Waals surface area contributed by atoms with Gasteiger partial charge in [-0.25, -0.2) is 11.6 Å². The van der Waals surface area contributed by atoms with Gasteiger partial charge in [-0.05, 0) is 25.5 Å². The number of nitriles is 1. The second-order valence-electron chi connectivity index (χ2n) is 9.67. The number of anilines is 1. The molecule has 1 aliphatic rings. The summed E-state index contributed by atoms with van der Waals surface area (Å²) in [7, 11) is 0. The molecule has 0 spiro atoms. The van der Waals surface area contributed by atoms with Crippen LogP contribution in [0.1, 0.15) is 32.9 Å². The van der Waals surface area contributed by atoms with Crippen LogP contribution in [0.2, 0.25) is 0 Å². The highest BCUT2D eigenvalue weighted by molar-refractivity contribution is 5.90. The Kier molecular flexibility index (Phi) is 12.8. The number of aromatic nitrogens is 4. The molecular formula is C29H35N7O9. The van der Waals surface area contributed by atoms with E-state index in [-0.39, 0.29) is 63.5 Å². The second kappa shape index (κ2) is 17.2. The van der Waals surface area contributed by atoms with E-state index in [0.717, 1.165) is 0 Å². The summed E-state index contributed by atoms with van der Waals surface area (Å²) >= 11 is 0. The van der Waals surface area contributed by atoms with E-state index in [4.69, 9.17) is 45.0 Å². The van der Waals surface area contributed by atoms with Crippen LogP contribution in [0, 0.1) is 17.9 Å². The number of rotatable bonds is 18. The summed E-state index contributed by atoms with van der Waals surface area (Å²) in [4.78, 5) is 40.0. The number of para-hydroxylation sites is 1. The maximum atomic E-state index is 12.9. The van der Waals surface area contributed by atoms with Gasteiger partial charge < -0.3 is 38.0 Å². The van der Waals surface area contributed by atoms with Crippen molar-refractivity contribution in [2.75, 3.05) is 45.3 Å². The molecule has 0 saturated carbocycles. The van der Waals surface area contributed by atoms with Gasteiger partial charge in [-0.15, -0.1) is 0 Å². The molecule has 0 aliphatic carbocycles. The lowest BCUT2D eigenvalue weighted by molar-refractivity contribution is -0.212. The molecule has 2 N–H and O–H groups in total. The van der Waals surface area contributed by atoms with Crippen molar-refractivity contribution in [3.8, 4) is 11.8 Å². The Bertz CT molecular complexity index is 1520. The third-order valence-electron chi connectivity index (χ3n) is 6.54. The molecule has 3 heterocycles. The number of imidazole rings is 1. The molecule has 3 aromatic rings. The average Bonchev–Trinajstić information content (AvgIpc) is 3.61. The van der Waals surface area contributed by atoms with Crippen LogP contribution in [0.4, 0.5) is 5.95 Å². The predicted octanol–water partition coefficient (Wildman–Crippen LogP) is 2.36. The van der Waals surface area contributed by atoms with Gasteiger partial charge in [-0.2, -0.15) is 10.2 Å². The van der Waals surface area contributed by atoms with Gasteiger partial charge in [0.1, 0.15) is 38.2 Å². The summed E-state index contributed by atoms with van der Waals surface area (Å²) in [5, 5.41) is 11.2. The number of nitrogens with zero attached hydrogens (tertiary/aromatic N) is 5. The van der Waals surface area contributed by atoms with Crippen LogP contribution in [-0.4, -0.2) is 90.0 Å². The molecule has 240 valence electrons. The molecule has 5 atom stereocenters. The van der Waals surface area contributed by atoms with Gasteiger partial charge in [0.2, 0.25) is 12.5 Å². The molecule has 2 aromatic heterocycles. The monoisotopic (exact) mass is 625 g/mol. The van der Waals surface area contributed by atoms with Crippen molar-refractivity contribution in [1.82, 2.24) is 19.5 Å². The number of hydrogen-bond donors (Lipinski definition) is 2. The number of carbonyl (C=O) groups excluding carboxylic acids is 1. The van der Waals surface area contributed by atoms with E-state index in [1.807, 2.05) is 19.1 Å². The number of aromatic amines is 1. The fraction of sp³-hybridized carbons (Fsp3) is 0.517. The van der Waals surface area contributed by atoms with E-state index >= 15 is 0 Å². The summed E-state index contributed by atoms with van der Waals surface area (Å²) in [5.74, 6) is -0.129. The summed E-state index contributed by atoms with van der Waals surface area (Å²) < 4.78 is 42.0. The number of benzene rings is 1. The van der Waals surface area contributed by atoms with Gasteiger partial charge >= 0.3 is 0 Å². The Labute approximate surface area is 258 Å². The Balaban J connectivity index is 1.54. The highest BCUT2D eigenvalue weighted by atomic mass is 16.8. The normalized spacial score (nSPS) is 20.0. The van der Waals surface area contributed by atoms with Gasteiger partial charge in [-0.3, -0.25) is 24.5 Å². The number of ether oxygens (including phenoxy) is 7. The van der Waals surface area contributed by atoms with Crippen molar-refractivity contribution in [2.24, 2.45) is 0 Å². The standard InChI is InChI=1S/C29H35N7O9/c1-4-21-24(44-19(2)41-14-12-31-3)25(43-18-40-17-39-13-8-11-30)28(45-21)36-16-32-23-26(36)34-29(35-27(23)38)33-22(37)15-42-20-9-6-5-7-10-20/h5-7,9-10,16,19,21,24-25,28H,4,8,12-15,17-18H2,1-2H3,(H2,33,34,35,37,38)/t19?,21-,24+,25?,28-/m1/s1. The lowest BCUT2D eigenvalue weighted by Gasteiger charge is -2.27. The van der Waals surface area contributed by atoms with Gasteiger partial charge in [0.15, 0.2) is 30.3 Å². The molecule has 1 aromatic carbocycles. The molecule has 1 fully saturated rings. The third kappa shape index (κ3) is 9.29. The van der Waals surface area contributed by atoms with Crippen LogP contribution in [0.25, 0.3) is 16.0 Å². The highest BCUT2D eigenvalue weighted by Crippen LogP contribution is 2.37. The lowest BCUT2D eigenvalue weighted by Crippen LogP contribution is -2.40. The van der Waals surface area contributed by atoms with E-state index in [2.05, 4.69) is 25.1 Å². The molecule has 4 rings (SSSR count). The van der Waals surface area contributed by atoms with E-state index in [9.17, 15) is 9.59 Å². The molecule has 0 radical (unpaired) electrons. The summed E-state index contributed by atoms with van der Waals surface area (Å²) in [6.07, 6.45) is -1.31. The van der Waals surface area contributed by atoms with E-state index in [1.165, 1.54) is 10.9 Å². The number of amides is 1. The minimum Gasteiger partial charge on any atom is -0.484 e. The van der Waals surface area contributed by atoms with E-state index in [0.29, 0.717) is 12.2 Å². The zero-order chi connectivity index (χ0) is 32.0. The zero-order valence-corrected chi connectivity index (χ0v) is 24.9. The first-order chi connectivity index (χ1) is 21.9. The summed E-state index contributed by atoms with van der Waals surface area (Å²) in [5.41, 5.74) is -0.423. The smallest absolute Gasteiger partial charge is 0.280 e. The fourth-order valence-corrected chi connectivity index (χ4v) is 4.53. The van der Waals surface area contributed by atoms with Gasteiger partial charge in [-0.1, -0.05) is 25.1 Å². The number of H-pyrrole nitrogens is 1. The van der Waals surface area contributed by atoms with Crippen LogP contribution < -0.4 is 15.6 Å². The molecule has 1 saturated heterocycles. The molecular weight excluding hydrogens is 590 g/mol. The van der Waals surface area contributed by atoms with Crippen molar-refractivity contribution in [3.05, 3.63) is 58.4 Å². The Hall–Kier alpha value is -4.42. The van der Waals surface area contributed by atoms with Crippen LogP contribution >= 0.6 is 0 Å². The average molecular weight is 626 g/mol. The second-order valence-corrected chi connectivity index (χ2v) is 9.67. The molecule has 16 heteroatoms. The molecule has 1 aliphatic heterocycles. The third-order valence-corrected chi connectivity index (χ3v) is 6.54. The van der Waals surface area contributed by atoms with Gasteiger partial charge in [0.05, 0.1) is 31.5 Å². The molecule has 2 unspecified atom stereocenters. The molecule has 45 heavy (non-hydrogen) atoms. The maximum Gasteiger partial charge on any atom is 0.280 e. The lowest BCUT2D eigenvalue weighted by atomic mass is 10.1. The largest absolute Gasteiger partial charge is 0.484 e. The molecule has 16 nitrogen and oxygen atoms in total. The molecule has 0 bridgehead atoms. The first-order valence-corrected chi connectivity index (χ1v) is 14.3. The number of hydrogen-bond acceptors (Lipinski definition) is 12.